The van der Waals surface area contributed by atoms with Crippen molar-refractivity contribution >= 4 is 27.5 Å². The van der Waals surface area contributed by atoms with E-state index >= 15 is 0 Å². The Morgan fingerprint density at radius 2 is 1.82 bits per heavy atom. The van der Waals surface area contributed by atoms with E-state index in [4.69, 9.17) is 0 Å². The van der Waals surface area contributed by atoms with Gasteiger partial charge >= 0.3 is 5.69 Å². The number of hydrogen-bond donors (Lipinski definition) is 0. The molecule has 0 N–H and O–H groups in total. The summed E-state index contributed by atoms with van der Waals surface area (Å²) >= 11 is 1.53. The van der Waals surface area contributed by atoms with E-state index in [1.54, 1.807) is 4.57 Å². The van der Waals surface area contributed by atoms with E-state index in [0.717, 1.165) is 69.0 Å². The largest absolute Gasteiger partial charge is 0.338 e. The number of nitrogens with zero attached hydrogens (tertiary/aromatic N) is 3. The highest BCUT2D eigenvalue weighted by Gasteiger charge is 2.28. The van der Waals surface area contributed by atoms with Gasteiger partial charge in [-0.05, 0) is 81.5 Å². The molecule has 5 rings (SSSR count). The quantitative estimate of drug-likeness (QED) is 0.584. The van der Waals surface area contributed by atoms with Gasteiger partial charge in [0.05, 0.1) is 11.1 Å². The molecule has 1 aliphatic carbocycles. The number of hydrogen-bond acceptors (Lipinski definition) is 4. The van der Waals surface area contributed by atoms with Crippen molar-refractivity contribution in [2.75, 3.05) is 6.54 Å². The summed E-state index contributed by atoms with van der Waals surface area (Å²) in [6.07, 6.45) is 7.95. The third-order valence-electron chi connectivity index (χ3n) is 7.26. The maximum absolute atomic E-state index is 13.7. The molecule has 0 radical (unpaired) electrons. The van der Waals surface area contributed by atoms with Crippen LogP contribution in [0.3, 0.4) is 0 Å². The molecule has 1 aliphatic heterocycles. The van der Waals surface area contributed by atoms with Crippen molar-refractivity contribution in [1.29, 1.82) is 0 Å². The molecule has 1 aromatic carbocycles. The number of rotatable bonds is 4. The summed E-state index contributed by atoms with van der Waals surface area (Å²) in [5.41, 5.74) is 2.11. The lowest BCUT2D eigenvalue weighted by molar-refractivity contribution is -0.135. The third-order valence-corrected chi connectivity index (χ3v) is 8.57. The van der Waals surface area contributed by atoms with Gasteiger partial charge in [-0.3, -0.25) is 14.2 Å². The zero-order valence-electron chi connectivity index (χ0n) is 19.4. The Morgan fingerprint density at radius 1 is 1.06 bits per heavy atom. The van der Waals surface area contributed by atoms with E-state index in [1.165, 1.54) is 20.8 Å². The zero-order chi connectivity index (χ0) is 23.1. The first-order valence-electron chi connectivity index (χ1n) is 12.2. The fourth-order valence-corrected chi connectivity index (χ4v) is 6.68. The number of carbonyl (C=O) groups excluding carboxylic acids is 1. The van der Waals surface area contributed by atoms with Crippen molar-refractivity contribution in [1.82, 2.24) is 14.0 Å². The number of carbonyl (C=O) groups is 1. The van der Waals surface area contributed by atoms with Gasteiger partial charge in [0.15, 0.2) is 0 Å². The smallest absolute Gasteiger partial charge is 0.337 e. The molecule has 1 atom stereocenters. The minimum absolute atomic E-state index is 0.0214. The van der Waals surface area contributed by atoms with Crippen molar-refractivity contribution in [2.24, 2.45) is 0 Å². The molecule has 2 aromatic heterocycles. The van der Waals surface area contributed by atoms with Gasteiger partial charge in [0, 0.05) is 17.5 Å². The van der Waals surface area contributed by atoms with Crippen LogP contribution in [0.25, 0.3) is 15.9 Å². The van der Waals surface area contributed by atoms with E-state index in [9.17, 15) is 14.4 Å². The van der Waals surface area contributed by atoms with E-state index in [2.05, 4.69) is 13.8 Å². The van der Waals surface area contributed by atoms with Crippen LogP contribution in [0.4, 0.5) is 0 Å². The molecule has 1 amide bonds. The standard InChI is InChI=1S/C26H31N3O3S/c1-3-18-11-13-19(14-12-18)29-24(31)23-20-9-4-5-10-21(20)33-25(23)28(26(29)32)16-22(30)27-15-7-6-8-17(27)2/h11-14,17H,3-10,15-16H2,1-2H3/t17-/m0/s1. The number of aromatic nitrogens is 2. The topological polar surface area (TPSA) is 64.3 Å². The van der Waals surface area contributed by atoms with E-state index in [0.29, 0.717) is 15.9 Å². The summed E-state index contributed by atoms with van der Waals surface area (Å²) in [7, 11) is 0. The van der Waals surface area contributed by atoms with Crippen LogP contribution in [0, 0.1) is 0 Å². The summed E-state index contributed by atoms with van der Waals surface area (Å²) in [4.78, 5) is 44.5. The van der Waals surface area contributed by atoms with Crippen LogP contribution in [0.15, 0.2) is 33.9 Å². The molecule has 1 saturated heterocycles. The van der Waals surface area contributed by atoms with Crippen molar-refractivity contribution in [3.8, 4) is 5.69 Å². The number of thiophene rings is 1. The molecule has 0 unspecified atom stereocenters. The molecule has 0 saturated carbocycles. The number of amides is 1. The van der Waals surface area contributed by atoms with Gasteiger partial charge in [-0.2, -0.15) is 0 Å². The van der Waals surface area contributed by atoms with Crippen LogP contribution < -0.4 is 11.2 Å². The van der Waals surface area contributed by atoms with Crippen LogP contribution in [0.5, 0.6) is 0 Å². The van der Waals surface area contributed by atoms with Crippen LogP contribution in [-0.2, 0) is 30.6 Å². The number of aryl methyl sites for hydroxylation is 3. The van der Waals surface area contributed by atoms with Gasteiger partial charge in [0.2, 0.25) is 5.91 Å². The molecule has 3 aromatic rings. The van der Waals surface area contributed by atoms with Gasteiger partial charge < -0.3 is 4.90 Å². The van der Waals surface area contributed by atoms with E-state index in [-0.39, 0.29) is 24.1 Å². The molecule has 2 aliphatic rings. The Balaban J connectivity index is 1.70. The number of fused-ring (bicyclic) bond motifs is 3. The second-order valence-electron chi connectivity index (χ2n) is 9.35. The number of piperidine rings is 1. The van der Waals surface area contributed by atoms with Crippen molar-refractivity contribution in [3.63, 3.8) is 0 Å². The maximum atomic E-state index is 13.7. The third kappa shape index (κ3) is 3.86. The van der Waals surface area contributed by atoms with Gasteiger partial charge in [0.1, 0.15) is 11.4 Å². The monoisotopic (exact) mass is 465 g/mol. The molecular formula is C26H31N3O3S. The van der Waals surface area contributed by atoms with Crippen LogP contribution in [0.2, 0.25) is 0 Å². The normalized spacial score (nSPS) is 18.5. The highest BCUT2D eigenvalue weighted by atomic mass is 32.1. The summed E-state index contributed by atoms with van der Waals surface area (Å²) in [6, 6.07) is 7.77. The van der Waals surface area contributed by atoms with Crippen LogP contribution >= 0.6 is 11.3 Å². The Hall–Kier alpha value is -2.67. The fraction of sp³-hybridized carbons (Fsp3) is 0.500. The molecular weight excluding hydrogens is 434 g/mol. The minimum Gasteiger partial charge on any atom is -0.338 e. The lowest BCUT2D eigenvalue weighted by atomic mass is 9.97. The number of likely N-dealkylation sites (tertiary alicyclic amines) is 1. The van der Waals surface area contributed by atoms with E-state index in [1.807, 2.05) is 29.2 Å². The summed E-state index contributed by atoms with van der Waals surface area (Å²) in [5.74, 6) is -0.0384. The Morgan fingerprint density at radius 3 is 2.55 bits per heavy atom. The minimum atomic E-state index is -0.423. The number of benzene rings is 1. The van der Waals surface area contributed by atoms with Crippen LogP contribution in [-0.4, -0.2) is 32.5 Å². The second-order valence-corrected chi connectivity index (χ2v) is 10.4. The lowest BCUT2D eigenvalue weighted by Crippen LogP contribution is -2.46. The predicted octanol–water partition coefficient (Wildman–Crippen LogP) is 4.06. The highest BCUT2D eigenvalue weighted by Crippen LogP contribution is 2.34. The van der Waals surface area contributed by atoms with Gasteiger partial charge in [-0.1, -0.05) is 19.1 Å². The fourth-order valence-electron chi connectivity index (χ4n) is 5.31. The zero-order valence-corrected chi connectivity index (χ0v) is 20.2. The Bertz CT molecular complexity index is 1320. The molecule has 7 heteroatoms. The Labute approximate surface area is 197 Å². The molecule has 174 valence electrons. The lowest BCUT2D eigenvalue weighted by Gasteiger charge is -2.33. The molecule has 6 nitrogen and oxygen atoms in total. The van der Waals surface area contributed by atoms with Crippen LogP contribution in [0.1, 0.15) is 62.0 Å². The molecule has 1 fully saturated rings. The molecule has 0 bridgehead atoms. The predicted molar refractivity (Wildman–Crippen MR) is 133 cm³/mol. The SMILES string of the molecule is CCc1ccc(-n2c(=O)c3c4c(sc3n(CC(=O)N3CCCC[C@@H]3C)c2=O)CCCC4)cc1. The maximum Gasteiger partial charge on any atom is 0.337 e. The van der Waals surface area contributed by atoms with E-state index < -0.39 is 5.69 Å². The molecule has 33 heavy (non-hydrogen) atoms. The average Bonchev–Trinajstić information content (AvgIpc) is 3.22. The van der Waals surface area contributed by atoms with Gasteiger partial charge in [-0.25, -0.2) is 9.36 Å². The van der Waals surface area contributed by atoms with Gasteiger partial charge in [0.25, 0.3) is 5.56 Å². The molecule has 0 spiro atoms. The molecule has 3 heterocycles. The second kappa shape index (κ2) is 8.93. The Kier molecular flexibility index (Phi) is 5.99. The van der Waals surface area contributed by atoms with Crippen molar-refractivity contribution in [2.45, 2.75) is 77.8 Å². The average molecular weight is 466 g/mol. The summed E-state index contributed by atoms with van der Waals surface area (Å²) in [5, 5.41) is 0.633. The highest BCUT2D eigenvalue weighted by molar-refractivity contribution is 7.18. The first-order chi connectivity index (χ1) is 16.0. The summed E-state index contributed by atoms with van der Waals surface area (Å²) < 4.78 is 2.84. The van der Waals surface area contributed by atoms with Crippen molar-refractivity contribution < 1.29 is 4.79 Å². The van der Waals surface area contributed by atoms with Gasteiger partial charge in [-0.15, -0.1) is 11.3 Å². The first-order valence-corrected chi connectivity index (χ1v) is 13.0. The summed E-state index contributed by atoms with van der Waals surface area (Å²) in [6.45, 7) is 4.86. The van der Waals surface area contributed by atoms with Crippen molar-refractivity contribution in [3.05, 3.63) is 61.1 Å². The first kappa shape index (κ1) is 22.1.